The molecule has 92 valence electrons. The molecule has 3 nitrogen and oxygen atoms in total. The first-order valence-corrected chi connectivity index (χ1v) is 6.24. The molecule has 0 saturated carbocycles. The Labute approximate surface area is 107 Å². The summed E-state index contributed by atoms with van der Waals surface area (Å²) in [6, 6.07) is 7.71. The molecule has 0 aromatic heterocycles. The summed E-state index contributed by atoms with van der Waals surface area (Å²) >= 11 is 1.65. The second-order valence-electron chi connectivity index (χ2n) is 4.26. The summed E-state index contributed by atoms with van der Waals surface area (Å²) < 4.78 is 2.06. The van der Waals surface area contributed by atoms with Gasteiger partial charge in [0.05, 0.1) is 28.2 Å². The first-order valence-electron chi connectivity index (χ1n) is 5.42. The van der Waals surface area contributed by atoms with Gasteiger partial charge in [-0.3, -0.25) is 14.3 Å². The molecule has 0 unspecified atom stereocenters. The van der Waals surface area contributed by atoms with Crippen molar-refractivity contribution in [2.45, 2.75) is 11.8 Å². The van der Waals surface area contributed by atoms with Crippen LogP contribution in [0, 0.1) is 0 Å². The van der Waals surface area contributed by atoms with Gasteiger partial charge in [0.15, 0.2) is 5.78 Å². The number of hydrogen-bond donors (Lipinski definition) is 0. The van der Waals surface area contributed by atoms with E-state index < -0.39 is 0 Å². The molecule has 0 radical (unpaired) electrons. The fourth-order valence-electron chi connectivity index (χ4n) is 1.47. The van der Waals surface area contributed by atoms with Gasteiger partial charge in [0.2, 0.25) is 0 Å². The van der Waals surface area contributed by atoms with Crippen LogP contribution in [0.1, 0.15) is 17.3 Å². The fraction of sp³-hybridized carbons (Fsp3) is 0.385. The van der Waals surface area contributed by atoms with Crippen molar-refractivity contribution in [1.29, 1.82) is 0 Å². The lowest BCUT2D eigenvalue weighted by Crippen LogP contribution is -2.26. The summed E-state index contributed by atoms with van der Waals surface area (Å²) in [5.41, 5.74) is 0.756. The maximum atomic E-state index is 11.3. The van der Waals surface area contributed by atoms with Gasteiger partial charge in [-0.2, -0.15) is 0 Å². The van der Waals surface area contributed by atoms with Crippen molar-refractivity contribution in [1.82, 2.24) is 4.90 Å². The van der Waals surface area contributed by atoms with Crippen LogP contribution in [0.5, 0.6) is 0 Å². The highest BCUT2D eigenvalue weighted by Crippen LogP contribution is 2.21. The van der Waals surface area contributed by atoms with E-state index in [0.29, 0.717) is 0 Å². The highest BCUT2D eigenvalue weighted by atomic mass is 32.2. The number of carbonyl (C=O) groups excluding carboxylic acids is 1. The van der Waals surface area contributed by atoms with Gasteiger partial charge in [0.1, 0.15) is 0 Å². The second kappa shape index (κ2) is 5.87. The van der Waals surface area contributed by atoms with Gasteiger partial charge in [0.25, 0.3) is 0 Å². The number of rotatable bonds is 2. The highest BCUT2D eigenvalue weighted by Gasteiger charge is 2.14. The first-order chi connectivity index (χ1) is 7.91. The van der Waals surface area contributed by atoms with Crippen molar-refractivity contribution in [3.8, 4) is 0 Å². The predicted molar refractivity (Wildman–Crippen MR) is 73.1 cm³/mol. The summed E-state index contributed by atoms with van der Waals surface area (Å²) in [5.74, 6) is 0.101. The number of benzene rings is 1. The number of carbonyl (C=O) groups is 1. The largest absolute Gasteiger partial charge is 0.312 e. The zero-order valence-corrected chi connectivity index (χ0v) is 11.8. The van der Waals surface area contributed by atoms with Crippen molar-refractivity contribution in [2.75, 3.05) is 28.2 Å². The monoisotopic (exact) mass is 251 g/mol. The number of hydrogen-bond acceptors (Lipinski definition) is 2. The van der Waals surface area contributed by atoms with Gasteiger partial charge >= 0.3 is 5.17 Å². The van der Waals surface area contributed by atoms with Gasteiger partial charge in [-0.25, -0.2) is 0 Å². The van der Waals surface area contributed by atoms with E-state index >= 15 is 0 Å². The Morgan fingerprint density at radius 1 is 1.29 bits per heavy atom. The normalized spacial score (nSPS) is 9.94. The Morgan fingerprint density at radius 3 is 2.41 bits per heavy atom. The summed E-state index contributed by atoms with van der Waals surface area (Å²) in [7, 11) is 8.04. The number of thioether (sulfide) groups is 1. The Bertz CT molecular complexity index is 448. The molecule has 0 aliphatic heterocycles. The molecule has 4 heteroatoms. The third kappa shape index (κ3) is 3.89. The van der Waals surface area contributed by atoms with E-state index in [2.05, 4.69) is 9.48 Å². The SMILES string of the molecule is CC(=O)c1cccc(SC(N(C)C)=[N+](C)C)c1. The predicted octanol–water partition coefficient (Wildman–Crippen LogP) is 2.17. The fourth-order valence-corrected chi connectivity index (χ4v) is 2.38. The Hall–Kier alpha value is -1.29. The Morgan fingerprint density at radius 2 is 1.94 bits per heavy atom. The van der Waals surface area contributed by atoms with Gasteiger partial charge in [0, 0.05) is 10.5 Å². The van der Waals surface area contributed by atoms with Crippen LogP contribution in [-0.2, 0) is 0 Å². The molecule has 0 aliphatic rings. The van der Waals surface area contributed by atoms with Crippen molar-refractivity contribution in [2.24, 2.45) is 0 Å². The van der Waals surface area contributed by atoms with Crippen LogP contribution in [0.15, 0.2) is 29.2 Å². The van der Waals surface area contributed by atoms with Crippen LogP contribution in [-0.4, -0.2) is 48.6 Å². The van der Waals surface area contributed by atoms with Crippen LogP contribution >= 0.6 is 11.8 Å². The van der Waals surface area contributed by atoms with Gasteiger partial charge < -0.3 is 0 Å². The zero-order chi connectivity index (χ0) is 13.0. The zero-order valence-electron chi connectivity index (χ0n) is 11.0. The molecule has 0 atom stereocenters. The molecule has 1 aromatic carbocycles. The maximum Gasteiger partial charge on any atom is 0.312 e. The van der Waals surface area contributed by atoms with Gasteiger partial charge in [-0.15, -0.1) is 0 Å². The average Bonchev–Trinajstić information content (AvgIpc) is 2.25. The summed E-state index contributed by atoms with van der Waals surface area (Å²) in [6.45, 7) is 1.59. The molecule has 0 spiro atoms. The van der Waals surface area contributed by atoms with Crippen LogP contribution in [0.25, 0.3) is 0 Å². The number of Topliss-reactive ketones (excluding diaryl/α,β-unsaturated/α-hetero) is 1. The van der Waals surface area contributed by atoms with Gasteiger partial charge in [-0.1, -0.05) is 12.1 Å². The van der Waals surface area contributed by atoms with E-state index in [9.17, 15) is 4.79 Å². The molecule has 1 aromatic rings. The molecule has 0 saturated heterocycles. The summed E-state index contributed by atoms with van der Waals surface area (Å²) in [6.07, 6.45) is 0. The molecule has 1 rings (SSSR count). The summed E-state index contributed by atoms with van der Waals surface area (Å²) in [5, 5.41) is 1.13. The topological polar surface area (TPSA) is 23.3 Å². The quantitative estimate of drug-likeness (QED) is 0.265. The van der Waals surface area contributed by atoms with Crippen molar-refractivity contribution in [3.05, 3.63) is 29.8 Å². The van der Waals surface area contributed by atoms with Crippen molar-refractivity contribution >= 4 is 22.7 Å². The highest BCUT2D eigenvalue weighted by molar-refractivity contribution is 8.13. The Balaban J connectivity index is 2.99. The minimum atomic E-state index is 0.101. The maximum absolute atomic E-state index is 11.3. The molecule has 0 N–H and O–H groups in total. The number of ketones is 1. The minimum absolute atomic E-state index is 0.101. The molecule has 0 bridgehead atoms. The lowest BCUT2D eigenvalue weighted by Gasteiger charge is -2.10. The molecule has 17 heavy (non-hydrogen) atoms. The Kier molecular flexibility index (Phi) is 4.75. The molecular weight excluding hydrogens is 232 g/mol. The van der Waals surface area contributed by atoms with E-state index in [-0.39, 0.29) is 5.78 Å². The van der Waals surface area contributed by atoms with E-state index in [1.165, 1.54) is 0 Å². The van der Waals surface area contributed by atoms with Crippen molar-refractivity contribution in [3.63, 3.8) is 0 Å². The van der Waals surface area contributed by atoms with Gasteiger partial charge in [-0.05, 0) is 30.8 Å². The third-order valence-corrected chi connectivity index (χ3v) is 3.62. The molecule has 0 aliphatic carbocycles. The van der Waals surface area contributed by atoms with Crippen LogP contribution in [0.2, 0.25) is 0 Å². The summed E-state index contributed by atoms with van der Waals surface area (Å²) in [4.78, 5) is 14.5. The second-order valence-corrected chi connectivity index (χ2v) is 5.30. The molecule has 0 amide bonds. The average molecular weight is 251 g/mol. The van der Waals surface area contributed by atoms with E-state index in [1.54, 1.807) is 18.7 Å². The lowest BCUT2D eigenvalue weighted by atomic mass is 10.2. The van der Waals surface area contributed by atoms with Crippen molar-refractivity contribution < 1.29 is 9.37 Å². The number of nitrogens with zero attached hydrogens (tertiary/aromatic N) is 2. The molecule has 0 fully saturated rings. The standard InChI is InChI=1S/C13H19N2OS/c1-10(16)11-7-6-8-12(9-11)17-13(14(2)3)15(4)5/h6-9H,1-5H3/q+1. The minimum Gasteiger partial charge on any atom is -0.295 e. The van der Waals surface area contributed by atoms with E-state index in [0.717, 1.165) is 15.6 Å². The number of amidine groups is 1. The van der Waals surface area contributed by atoms with E-state index in [1.807, 2.05) is 52.5 Å². The van der Waals surface area contributed by atoms with Crippen LogP contribution in [0.3, 0.4) is 0 Å². The van der Waals surface area contributed by atoms with E-state index in [4.69, 9.17) is 0 Å². The lowest BCUT2D eigenvalue weighted by molar-refractivity contribution is -0.466. The smallest absolute Gasteiger partial charge is 0.295 e. The van der Waals surface area contributed by atoms with Crippen LogP contribution in [0.4, 0.5) is 0 Å². The van der Waals surface area contributed by atoms with Crippen LogP contribution < -0.4 is 0 Å². The molecular formula is C13H19N2OS+. The molecule has 0 heterocycles. The third-order valence-electron chi connectivity index (χ3n) is 2.21. The first kappa shape index (κ1) is 13.8.